The maximum Gasteiger partial charge on any atom is 0.222 e. The van der Waals surface area contributed by atoms with E-state index >= 15 is 0 Å². The Morgan fingerprint density at radius 3 is 2.29 bits per heavy atom. The molecular formula is C13H14N4. The highest BCUT2D eigenvalue weighted by Gasteiger charge is 2.16. The zero-order valence-electron chi connectivity index (χ0n) is 9.43. The van der Waals surface area contributed by atoms with Crippen LogP contribution in [0, 0.1) is 0 Å². The van der Waals surface area contributed by atoms with Crippen LogP contribution < -0.4 is 10.6 Å². The van der Waals surface area contributed by atoms with Gasteiger partial charge in [-0.1, -0.05) is 30.3 Å². The molecule has 1 fully saturated rings. The highest BCUT2D eigenvalue weighted by molar-refractivity contribution is 5.61. The van der Waals surface area contributed by atoms with Crippen LogP contribution in [0.25, 0.3) is 11.1 Å². The van der Waals surface area contributed by atoms with Crippen LogP contribution in [0.4, 0.5) is 5.95 Å². The van der Waals surface area contributed by atoms with Crippen molar-refractivity contribution in [1.29, 1.82) is 0 Å². The van der Waals surface area contributed by atoms with Crippen molar-refractivity contribution in [3.63, 3.8) is 0 Å². The molecule has 1 aliphatic heterocycles. The Hall–Kier alpha value is -1.94. The van der Waals surface area contributed by atoms with Crippen molar-refractivity contribution in [3.8, 4) is 11.1 Å². The van der Waals surface area contributed by atoms with Crippen LogP contribution in [-0.4, -0.2) is 29.1 Å². The molecular weight excluding hydrogens is 212 g/mol. The lowest BCUT2D eigenvalue weighted by atomic mass is 10.1. The molecule has 1 saturated heterocycles. The van der Waals surface area contributed by atoms with Crippen LogP contribution in [0.3, 0.4) is 0 Å². The summed E-state index contributed by atoms with van der Waals surface area (Å²) in [5.41, 5.74) is 2.19. The number of hydrogen-bond donors (Lipinski definition) is 2. The first-order chi connectivity index (χ1) is 8.42. The number of benzene rings is 1. The van der Waals surface area contributed by atoms with Gasteiger partial charge in [-0.15, -0.1) is 0 Å². The maximum absolute atomic E-state index is 4.33. The molecule has 86 valence electrons. The lowest BCUT2D eigenvalue weighted by molar-refractivity contribution is 0.470. The summed E-state index contributed by atoms with van der Waals surface area (Å²) in [7, 11) is 0. The SMILES string of the molecule is c1ccc(-c2cnc(NC3CNC3)nc2)cc1. The van der Waals surface area contributed by atoms with Gasteiger partial charge in [-0.2, -0.15) is 0 Å². The zero-order valence-corrected chi connectivity index (χ0v) is 9.43. The summed E-state index contributed by atoms with van der Waals surface area (Å²) in [5.74, 6) is 0.705. The second kappa shape index (κ2) is 4.51. The van der Waals surface area contributed by atoms with Crippen molar-refractivity contribution in [3.05, 3.63) is 42.7 Å². The second-order valence-corrected chi connectivity index (χ2v) is 4.16. The monoisotopic (exact) mass is 226 g/mol. The third-order valence-electron chi connectivity index (χ3n) is 2.87. The van der Waals surface area contributed by atoms with Gasteiger partial charge in [0.1, 0.15) is 0 Å². The van der Waals surface area contributed by atoms with E-state index in [-0.39, 0.29) is 0 Å². The Morgan fingerprint density at radius 2 is 1.71 bits per heavy atom. The van der Waals surface area contributed by atoms with Gasteiger partial charge in [0.15, 0.2) is 0 Å². The van der Waals surface area contributed by atoms with Crippen molar-refractivity contribution >= 4 is 5.95 Å². The molecule has 0 amide bonds. The fourth-order valence-electron chi connectivity index (χ4n) is 1.76. The summed E-state index contributed by atoms with van der Waals surface area (Å²) in [4.78, 5) is 8.65. The number of aromatic nitrogens is 2. The Labute approximate surface area is 100 Å². The molecule has 0 saturated carbocycles. The molecule has 1 aromatic heterocycles. The van der Waals surface area contributed by atoms with Gasteiger partial charge in [0.2, 0.25) is 5.95 Å². The number of rotatable bonds is 3. The van der Waals surface area contributed by atoms with Gasteiger partial charge in [-0.05, 0) is 5.56 Å². The molecule has 0 spiro atoms. The summed E-state index contributed by atoms with van der Waals surface area (Å²) in [6, 6.07) is 10.6. The van der Waals surface area contributed by atoms with Crippen molar-refractivity contribution in [2.75, 3.05) is 18.4 Å². The predicted octanol–water partition coefficient (Wildman–Crippen LogP) is 1.53. The molecule has 1 aromatic carbocycles. The average molecular weight is 226 g/mol. The normalized spacial score (nSPS) is 15.3. The van der Waals surface area contributed by atoms with Crippen LogP contribution in [0.1, 0.15) is 0 Å². The van der Waals surface area contributed by atoms with E-state index in [0.29, 0.717) is 12.0 Å². The van der Waals surface area contributed by atoms with E-state index in [1.54, 1.807) is 0 Å². The number of hydrogen-bond acceptors (Lipinski definition) is 4. The minimum absolute atomic E-state index is 0.470. The number of nitrogens with zero attached hydrogens (tertiary/aromatic N) is 2. The van der Waals surface area contributed by atoms with Crippen molar-refractivity contribution in [2.24, 2.45) is 0 Å². The quantitative estimate of drug-likeness (QED) is 0.833. The largest absolute Gasteiger partial charge is 0.349 e. The van der Waals surface area contributed by atoms with Gasteiger partial charge < -0.3 is 10.6 Å². The smallest absolute Gasteiger partial charge is 0.222 e. The Morgan fingerprint density at radius 1 is 1.00 bits per heavy atom. The summed E-state index contributed by atoms with van der Waals surface area (Å²) in [5, 5.41) is 6.47. The van der Waals surface area contributed by atoms with E-state index in [9.17, 15) is 0 Å². The maximum atomic E-state index is 4.33. The first kappa shape index (κ1) is 10.2. The van der Waals surface area contributed by atoms with Gasteiger partial charge in [0, 0.05) is 31.0 Å². The number of anilines is 1. The van der Waals surface area contributed by atoms with E-state index in [0.717, 1.165) is 24.2 Å². The van der Waals surface area contributed by atoms with Gasteiger partial charge in [-0.3, -0.25) is 0 Å². The van der Waals surface area contributed by atoms with Crippen molar-refractivity contribution in [2.45, 2.75) is 6.04 Å². The van der Waals surface area contributed by atoms with Crippen LogP contribution in [0.15, 0.2) is 42.7 Å². The highest BCUT2D eigenvalue weighted by Crippen LogP contribution is 2.17. The molecule has 2 N–H and O–H groups in total. The standard InChI is InChI=1S/C13H14N4/c1-2-4-10(5-3-1)11-6-15-13(16-7-11)17-12-8-14-9-12/h1-7,12,14H,8-9H2,(H,15,16,17). The molecule has 2 aromatic rings. The topological polar surface area (TPSA) is 49.8 Å². The van der Waals surface area contributed by atoms with Crippen molar-refractivity contribution in [1.82, 2.24) is 15.3 Å². The summed E-state index contributed by atoms with van der Waals surface area (Å²) >= 11 is 0. The molecule has 0 radical (unpaired) electrons. The third kappa shape index (κ3) is 2.26. The fourth-order valence-corrected chi connectivity index (χ4v) is 1.76. The van der Waals surface area contributed by atoms with E-state index in [2.05, 4.69) is 32.7 Å². The summed E-state index contributed by atoms with van der Waals surface area (Å²) in [6.45, 7) is 1.98. The first-order valence-corrected chi connectivity index (χ1v) is 5.76. The van der Waals surface area contributed by atoms with E-state index < -0.39 is 0 Å². The molecule has 4 nitrogen and oxygen atoms in total. The summed E-state index contributed by atoms with van der Waals surface area (Å²) < 4.78 is 0. The molecule has 0 bridgehead atoms. The van der Waals surface area contributed by atoms with Gasteiger partial charge in [-0.25, -0.2) is 9.97 Å². The van der Waals surface area contributed by atoms with E-state index in [1.807, 2.05) is 30.6 Å². The van der Waals surface area contributed by atoms with E-state index in [1.165, 1.54) is 0 Å². The van der Waals surface area contributed by atoms with Gasteiger partial charge in [0.05, 0.1) is 6.04 Å². The third-order valence-corrected chi connectivity index (χ3v) is 2.87. The Bertz CT molecular complexity index is 477. The first-order valence-electron chi connectivity index (χ1n) is 5.76. The Kier molecular flexibility index (Phi) is 2.71. The minimum Gasteiger partial charge on any atom is -0.349 e. The minimum atomic E-state index is 0.470. The van der Waals surface area contributed by atoms with Crippen LogP contribution >= 0.6 is 0 Å². The van der Waals surface area contributed by atoms with Crippen LogP contribution in [0.2, 0.25) is 0 Å². The second-order valence-electron chi connectivity index (χ2n) is 4.16. The molecule has 0 atom stereocenters. The predicted molar refractivity (Wildman–Crippen MR) is 67.7 cm³/mol. The lowest BCUT2D eigenvalue weighted by Gasteiger charge is -2.27. The lowest BCUT2D eigenvalue weighted by Crippen LogP contribution is -2.51. The van der Waals surface area contributed by atoms with Crippen molar-refractivity contribution < 1.29 is 0 Å². The molecule has 3 rings (SSSR count). The van der Waals surface area contributed by atoms with Crippen LogP contribution in [0.5, 0.6) is 0 Å². The molecule has 4 heteroatoms. The molecule has 17 heavy (non-hydrogen) atoms. The van der Waals surface area contributed by atoms with Gasteiger partial charge in [0.25, 0.3) is 0 Å². The molecule has 0 aliphatic carbocycles. The summed E-state index contributed by atoms with van der Waals surface area (Å²) in [6.07, 6.45) is 3.72. The number of nitrogens with one attached hydrogen (secondary N) is 2. The molecule has 1 aliphatic rings. The molecule has 0 unspecified atom stereocenters. The highest BCUT2D eigenvalue weighted by atomic mass is 15.2. The van der Waals surface area contributed by atoms with Gasteiger partial charge >= 0.3 is 0 Å². The Balaban J connectivity index is 1.75. The van der Waals surface area contributed by atoms with Crippen LogP contribution in [-0.2, 0) is 0 Å². The average Bonchev–Trinajstić information content (AvgIpc) is 2.36. The molecule has 2 heterocycles. The zero-order chi connectivity index (χ0) is 11.5. The fraction of sp³-hybridized carbons (Fsp3) is 0.231. The van der Waals surface area contributed by atoms with E-state index in [4.69, 9.17) is 0 Å².